The minimum atomic E-state index is -0.787. The molecule has 1 N–H and O–H groups in total. The fourth-order valence-corrected chi connectivity index (χ4v) is 7.79. The molecule has 3 saturated carbocycles. The van der Waals surface area contributed by atoms with Gasteiger partial charge in [0, 0.05) is 0 Å². The molecule has 0 spiro atoms. The minimum Gasteiger partial charge on any atom is -0.480 e. The van der Waals surface area contributed by atoms with Crippen molar-refractivity contribution in [2.24, 2.45) is 46.3 Å². The van der Waals surface area contributed by atoms with Crippen LogP contribution < -0.4 is 0 Å². The van der Waals surface area contributed by atoms with Crippen LogP contribution in [0.2, 0.25) is 0 Å². The Bertz CT molecular complexity index is 628. The highest BCUT2D eigenvalue weighted by Gasteiger charge is 2.60. The maximum atomic E-state index is 11.7. The molecule has 8 atom stereocenters. The second-order valence-corrected chi connectivity index (χ2v) is 9.78. The second kappa shape index (κ2) is 5.90. The van der Waals surface area contributed by atoms with Gasteiger partial charge in [-0.1, -0.05) is 31.9 Å². The average Bonchev–Trinajstić information content (AvgIpc) is 2.92. The van der Waals surface area contributed by atoms with Gasteiger partial charge >= 0.3 is 5.97 Å². The molecule has 0 radical (unpaired) electrons. The van der Waals surface area contributed by atoms with Crippen LogP contribution in [0, 0.1) is 58.7 Å². The lowest BCUT2D eigenvalue weighted by Gasteiger charge is -2.60. The van der Waals surface area contributed by atoms with Crippen LogP contribution >= 0.6 is 0 Å². The molecule has 4 aliphatic rings. The summed E-state index contributed by atoms with van der Waals surface area (Å²) in [5.74, 6) is 4.53. The maximum absolute atomic E-state index is 11.7. The van der Waals surface area contributed by atoms with Crippen LogP contribution in [0.3, 0.4) is 0 Å². The van der Waals surface area contributed by atoms with E-state index in [0.29, 0.717) is 11.3 Å². The Morgan fingerprint density at radius 3 is 2.60 bits per heavy atom. The largest absolute Gasteiger partial charge is 0.480 e. The minimum absolute atomic E-state index is 0.129. The summed E-state index contributed by atoms with van der Waals surface area (Å²) in [6.07, 6.45) is 20.3. The number of aliphatic carboxylic acids is 1. The fraction of sp³-hybridized carbons (Fsp3) is 0.783. The number of carboxylic acid groups (broad SMARTS) is 1. The molecule has 136 valence electrons. The summed E-state index contributed by atoms with van der Waals surface area (Å²) in [5, 5.41) is 9.62. The highest BCUT2D eigenvalue weighted by atomic mass is 16.4. The molecule has 0 bridgehead atoms. The van der Waals surface area contributed by atoms with E-state index in [9.17, 15) is 9.90 Å². The van der Waals surface area contributed by atoms with Crippen molar-refractivity contribution in [1.29, 1.82) is 0 Å². The Morgan fingerprint density at radius 1 is 1.12 bits per heavy atom. The maximum Gasteiger partial charge on any atom is 0.318 e. The third kappa shape index (κ3) is 2.34. The van der Waals surface area contributed by atoms with Crippen LogP contribution in [-0.4, -0.2) is 11.1 Å². The topological polar surface area (TPSA) is 37.3 Å². The monoisotopic (exact) mass is 340 g/mol. The van der Waals surface area contributed by atoms with Gasteiger partial charge in [0.25, 0.3) is 0 Å². The van der Waals surface area contributed by atoms with Crippen molar-refractivity contribution in [2.45, 2.75) is 65.2 Å². The zero-order chi connectivity index (χ0) is 17.8. The van der Waals surface area contributed by atoms with Gasteiger partial charge in [-0.3, -0.25) is 4.79 Å². The molecule has 4 rings (SSSR count). The summed E-state index contributed by atoms with van der Waals surface area (Å²) in [4.78, 5) is 11.7. The third-order valence-electron chi connectivity index (χ3n) is 9.13. The summed E-state index contributed by atoms with van der Waals surface area (Å²) in [6.45, 7) is 4.92. The van der Waals surface area contributed by atoms with Crippen molar-refractivity contribution in [3.63, 3.8) is 0 Å². The van der Waals surface area contributed by atoms with E-state index >= 15 is 0 Å². The molecule has 0 heterocycles. The average molecular weight is 341 g/mol. The first-order valence-electron chi connectivity index (χ1n) is 10.3. The van der Waals surface area contributed by atoms with E-state index in [-0.39, 0.29) is 11.3 Å². The molecule has 0 saturated heterocycles. The van der Waals surface area contributed by atoms with Gasteiger partial charge in [-0.2, -0.15) is 0 Å². The van der Waals surface area contributed by atoms with Gasteiger partial charge in [0.1, 0.15) is 5.92 Å². The van der Waals surface area contributed by atoms with Crippen molar-refractivity contribution in [3.8, 4) is 12.3 Å². The van der Waals surface area contributed by atoms with E-state index in [4.69, 9.17) is 6.42 Å². The van der Waals surface area contributed by atoms with Gasteiger partial charge in [-0.25, -0.2) is 0 Å². The smallest absolute Gasteiger partial charge is 0.318 e. The molecule has 4 aliphatic carbocycles. The van der Waals surface area contributed by atoms with Gasteiger partial charge in [0.2, 0.25) is 0 Å². The van der Waals surface area contributed by atoms with Gasteiger partial charge in [-0.15, -0.1) is 6.42 Å². The Labute approximate surface area is 152 Å². The molecular formula is C23H32O2. The number of carbonyl (C=O) groups is 1. The summed E-state index contributed by atoms with van der Waals surface area (Å²) in [5.41, 5.74) is 0.597. The first-order chi connectivity index (χ1) is 11.9. The van der Waals surface area contributed by atoms with Crippen molar-refractivity contribution in [2.75, 3.05) is 0 Å². The number of rotatable bonds is 2. The van der Waals surface area contributed by atoms with Gasteiger partial charge in [0.05, 0.1) is 0 Å². The summed E-state index contributed by atoms with van der Waals surface area (Å²) in [6, 6.07) is 0. The van der Waals surface area contributed by atoms with Crippen molar-refractivity contribution < 1.29 is 9.90 Å². The van der Waals surface area contributed by atoms with Crippen LogP contribution in [0.15, 0.2) is 12.2 Å². The van der Waals surface area contributed by atoms with E-state index in [2.05, 4.69) is 31.9 Å². The number of fused-ring (bicyclic) bond motifs is 5. The zero-order valence-electron chi connectivity index (χ0n) is 15.7. The number of terminal acetylenes is 1. The zero-order valence-corrected chi connectivity index (χ0v) is 15.7. The number of hydrogen-bond acceptors (Lipinski definition) is 1. The molecule has 0 aliphatic heterocycles. The van der Waals surface area contributed by atoms with E-state index in [1.807, 2.05) is 0 Å². The summed E-state index contributed by atoms with van der Waals surface area (Å²) in [7, 11) is 0. The van der Waals surface area contributed by atoms with Crippen molar-refractivity contribution in [3.05, 3.63) is 12.2 Å². The Hall–Kier alpha value is -1.23. The normalized spacial score (nSPS) is 49.4. The van der Waals surface area contributed by atoms with E-state index < -0.39 is 11.9 Å². The SMILES string of the molecule is C#CC(C(=O)O)[C@H]1CC[C@H]2[C@@H]3CC[C@H]4CC=CC[C@]4(C)[C@H]3CC[C@]12C. The number of hydrogen-bond donors (Lipinski definition) is 1. The molecule has 0 aromatic heterocycles. The van der Waals surface area contributed by atoms with Crippen LogP contribution in [0.4, 0.5) is 0 Å². The van der Waals surface area contributed by atoms with E-state index in [1.54, 1.807) is 0 Å². The molecule has 2 nitrogen and oxygen atoms in total. The fourth-order valence-electron chi connectivity index (χ4n) is 7.79. The predicted octanol–water partition coefficient (Wildman–Crippen LogP) is 5.15. The van der Waals surface area contributed by atoms with Crippen LogP contribution in [0.25, 0.3) is 0 Å². The van der Waals surface area contributed by atoms with E-state index in [1.165, 1.54) is 44.9 Å². The highest BCUT2D eigenvalue weighted by Crippen LogP contribution is 2.67. The molecule has 0 aromatic carbocycles. The second-order valence-electron chi connectivity index (χ2n) is 9.78. The number of carboxylic acids is 1. The van der Waals surface area contributed by atoms with Crippen molar-refractivity contribution in [1.82, 2.24) is 0 Å². The standard InChI is InChI=1S/C23H32O2/c1-4-16(21(24)25)18-10-11-19-17-9-8-15-7-5-6-13-22(15,2)20(17)12-14-23(18,19)3/h1,5-6,15-20H,7-14H2,2-3H3,(H,24,25)/t15-,16?,17+,18-,19+,20+,22+,23-/m1/s1. The molecule has 0 amide bonds. The molecule has 25 heavy (non-hydrogen) atoms. The molecule has 1 unspecified atom stereocenters. The molecule has 2 heteroatoms. The summed E-state index contributed by atoms with van der Waals surface area (Å²) < 4.78 is 0. The third-order valence-corrected chi connectivity index (χ3v) is 9.13. The van der Waals surface area contributed by atoms with E-state index in [0.717, 1.165) is 24.2 Å². The molecule has 0 aromatic rings. The number of allylic oxidation sites excluding steroid dienone is 2. The predicted molar refractivity (Wildman–Crippen MR) is 99.7 cm³/mol. The lowest BCUT2D eigenvalue weighted by atomic mass is 9.45. The molecule has 3 fully saturated rings. The summed E-state index contributed by atoms with van der Waals surface area (Å²) >= 11 is 0. The Kier molecular flexibility index (Phi) is 4.06. The van der Waals surface area contributed by atoms with Crippen LogP contribution in [0.5, 0.6) is 0 Å². The lowest BCUT2D eigenvalue weighted by molar-refractivity contribution is -0.145. The molecular weight excluding hydrogens is 308 g/mol. The first kappa shape index (κ1) is 17.2. The lowest BCUT2D eigenvalue weighted by Crippen LogP contribution is -2.52. The quantitative estimate of drug-likeness (QED) is 0.558. The van der Waals surface area contributed by atoms with Crippen LogP contribution in [-0.2, 0) is 4.79 Å². The van der Waals surface area contributed by atoms with Crippen LogP contribution in [0.1, 0.15) is 65.2 Å². The Balaban J connectivity index is 1.63. The highest BCUT2D eigenvalue weighted by molar-refractivity contribution is 5.74. The first-order valence-corrected chi connectivity index (χ1v) is 10.3. The van der Waals surface area contributed by atoms with Crippen molar-refractivity contribution >= 4 is 5.97 Å². The Morgan fingerprint density at radius 2 is 1.88 bits per heavy atom. The van der Waals surface area contributed by atoms with Gasteiger partial charge in [-0.05, 0) is 91.8 Å². The van der Waals surface area contributed by atoms with Gasteiger partial charge in [0.15, 0.2) is 0 Å². The van der Waals surface area contributed by atoms with Gasteiger partial charge < -0.3 is 5.11 Å².